The summed E-state index contributed by atoms with van der Waals surface area (Å²) in [7, 11) is -3.21. The first-order valence-corrected chi connectivity index (χ1v) is 10.3. The highest BCUT2D eigenvalue weighted by Gasteiger charge is 2.36. The lowest BCUT2D eigenvalue weighted by Crippen LogP contribution is -2.06. The maximum atomic E-state index is 12.6. The van der Waals surface area contributed by atoms with Gasteiger partial charge in [-0.05, 0) is 60.7 Å². The molecular weight excluding hydrogens is 344 g/mol. The van der Waals surface area contributed by atoms with E-state index in [0.29, 0.717) is 4.90 Å². The van der Waals surface area contributed by atoms with E-state index < -0.39 is 9.84 Å². The van der Waals surface area contributed by atoms with Crippen LogP contribution in [-0.4, -0.2) is 23.6 Å². The van der Waals surface area contributed by atoms with Gasteiger partial charge in [0.05, 0.1) is 10.1 Å². The largest absolute Gasteiger partial charge is 0.339 e. The predicted octanol–water partition coefficient (Wildman–Crippen LogP) is 4.63. The minimum absolute atomic E-state index is 0.200. The van der Waals surface area contributed by atoms with Gasteiger partial charge in [-0.15, -0.1) is 0 Å². The number of benzene rings is 2. The number of aromatic nitrogens is 2. The fraction of sp³-hybridized carbons (Fsp3) is 0.190. The van der Waals surface area contributed by atoms with Gasteiger partial charge >= 0.3 is 0 Å². The normalized spacial score (nSPS) is 15.0. The first kappa shape index (κ1) is 15.6. The molecule has 0 unspecified atom stereocenters. The van der Waals surface area contributed by atoms with E-state index in [4.69, 9.17) is 0 Å². The van der Waals surface area contributed by atoms with Gasteiger partial charge in [-0.1, -0.05) is 24.3 Å². The average molecular weight is 362 g/mol. The van der Waals surface area contributed by atoms with Crippen molar-refractivity contribution in [1.29, 1.82) is 0 Å². The summed E-state index contributed by atoms with van der Waals surface area (Å²) in [6.07, 6.45) is 3.39. The summed E-state index contributed by atoms with van der Waals surface area (Å²) in [5, 5.41) is 1.94. The Labute approximate surface area is 151 Å². The van der Waals surface area contributed by atoms with Crippen LogP contribution in [0.25, 0.3) is 33.1 Å². The van der Waals surface area contributed by atoms with Crippen LogP contribution in [0.4, 0.5) is 0 Å². The molecule has 1 N–H and O–H groups in total. The van der Waals surface area contributed by atoms with Crippen molar-refractivity contribution in [2.75, 3.05) is 0 Å². The molecule has 0 atom stereocenters. The zero-order valence-electron chi connectivity index (χ0n) is 14.4. The molecule has 5 heteroatoms. The molecule has 2 aromatic heterocycles. The maximum Gasteiger partial charge on any atom is 0.181 e. The fourth-order valence-electron chi connectivity index (χ4n) is 3.59. The molecule has 130 valence electrons. The third kappa shape index (κ3) is 2.35. The van der Waals surface area contributed by atoms with Gasteiger partial charge in [0.25, 0.3) is 0 Å². The Hall–Kier alpha value is -2.66. The van der Waals surface area contributed by atoms with E-state index in [9.17, 15) is 8.42 Å². The fourth-order valence-corrected chi connectivity index (χ4v) is 5.29. The molecule has 5 rings (SSSR count). The number of pyridine rings is 1. The van der Waals surface area contributed by atoms with E-state index in [1.54, 1.807) is 6.07 Å². The number of nitrogens with zero attached hydrogens (tertiary/aromatic N) is 1. The second-order valence-electron chi connectivity index (χ2n) is 7.03. The molecule has 26 heavy (non-hydrogen) atoms. The number of nitrogens with one attached hydrogen (secondary N) is 1. The molecule has 0 saturated heterocycles. The van der Waals surface area contributed by atoms with Crippen molar-refractivity contribution >= 4 is 31.8 Å². The lowest BCUT2D eigenvalue weighted by Gasteiger charge is -2.08. The topological polar surface area (TPSA) is 62.8 Å². The van der Waals surface area contributed by atoms with E-state index in [-0.39, 0.29) is 5.25 Å². The lowest BCUT2D eigenvalue weighted by atomic mass is 10.00. The first-order chi connectivity index (χ1) is 12.5. The molecule has 1 fully saturated rings. The van der Waals surface area contributed by atoms with Crippen LogP contribution >= 0.6 is 0 Å². The van der Waals surface area contributed by atoms with Crippen LogP contribution < -0.4 is 0 Å². The number of aryl methyl sites for hydroxylation is 1. The van der Waals surface area contributed by atoms with Crippen LogP contribution in [0, 0.1) is 6.92 Å². The van der Waals surface area contributed by atoms with Crippen molar-refractivity contribution in [1.82, 2.24) is 9.97 Å². The summed E-state index contributed by atoms with van der Waals surface area (Å²) in [6, 6.07) is 15.5. The zero-order chi connectivity index (χ0) is 17.9. The summed E-state index contributed by atoms with van der Waals surface area (Å²) in [4.78, 5) is 8.27. The zero-order valence-corrected chi connectivity index (χ0v) is 15.2. The van der Waals surface area contributed by atoms with Crippen LogP contribution in [0.2, 0.25) is 0 Å². The Morgan fingerprint density at radius 2 is 1.88 bits per heavy atom. The molecule has 2 aromatic carbocycles. The highest BCUT2D eigenvalue weighted by molar-refractivity contribution is 7.92. The van der Waals surface area contributed by atoms with Gasteiger partial charge in [-0.2, -0.15) is 0 Å². The Morgan fingerprint density at radius 1 is 1.08 bits per heavy atom. The molecule has 0 radical (unpaired) electrons. The van der Waals surface area contributed by atoms with Crippen LogP contribution in [-0.2, 0) is 9.84 Å². The summed E-state index contributed by atoms with van der Waals surface area (Å²) < 4.78 is 25.3. The summed E-state index contributed by atoms with van der Waals surface area (Å²) >= 11 is 0. The Balaban J connectivity index is 1.77. The summed E-state index contributed by atoms with van der Waals surface area (Å²) in [6.45, 7) is 2.02. The van der Waals surface area contributed by atoms with Crippen molar-refractivity contribution in [2.45, 2.75) is 29.9 Å². The number of hydrogen-bond acceptors (Lipinski definition) is 3. The highest BCUT2D eigenvalue weighted by Crippen LogP contribution is 2.37. The Kier molecular flexibility index (Phi) is 3.25. The third-order valence-corrected chi connectivity index (χ3v) is 7.31. The maximum absolute atomic E-state index is 12.6. The molecule has 0 spiro atoms. The van der Waals surface area contributed by atoms with Crippen molar-refractivity contribution in [2.24, 2.45) is 0 Å². The average Bonchev–Trinajstić information content (AvgIpc) is 3.44. The number of rotatable bonds is 3. The van der Waals surface area contributed by atoms with Gasteiger partial charge in [-0.3, -0.25) is 0 Å². The van der Waals surface area contributed by atoms with Crippen molar-refractivity contribution in [3.8, 4) is 11.1 Å². The number of aromatic amines is 1. The monoisotopic (exact) mass is 362 g/mol. The van der Waals surface area contributed by atoms with E-state index in [1.807, 2.05) is 49.5 Å². The molecule has 0 bridgehead atoms. The first-order valence-electron chi connectivity index (χ1n) is 8.75. The molecular formula is C21H18N2O2S. The molecule has 2 heterocycles. The standard InChI is InChI=1S/C21H18N2O2S/c1-13-10-18-20-17(6-3-7-19(20)23-21(18)22-12-13)14-4-2-5-16(11-14)26(24,25)15-8-9-15/h2-7,10-12,15H,8-9H2,1H3,(H,22,23). The van der Waals surface area contributed by atoms with Crippen molar-refractivity contribution in [3.63, 3.8) is 0 Å². The highest BCUT2D eigenvalue weighted by atomic mass is 32.2. The third-order valence-electron chi connectivity index (χ3n) is 5.05. The van der Waals surface area contributed by atoms with E-state index in [0.717, 1.165) is 51.5 Å². The van der Waals surface area contributed by atoms with Crippen molar-refractivity contribution < 1.29 is 8.42 Å². The predicted molar refractivity (Wildman–Crippen MR) is 104 cm³/mol. The minimum Gasteiger partial charge on any atom is -0.339 e. The second-order valence-corrected chi connectivity index (χ2v) is 9.26. The lowest BCUT2D eigenvalue weighted by molar-refractivity contribution is 0.595. The van der Waals surface area contributed by atoms with Crippen LogP contribution in [0.5, 0.6) is 0 Å². The molecule has 0 amide bonds. The Morgan fingerprint density at radius 3 is 2.69 bits per heavy atom. The molecule has 1 aliphatic rings. The van der Waals surface area contributed by atoms with Gasteiger partial charge in [0.2, 0.25) is 0 Å². The van der Waals surface area contributed by atoms with Gasteiger partial charge in [0.1, 0.15) is 5.65 Å². The van der Waals surface area contributed by atoms with Crippen LogP contribution in [0.15, 0.2) is 59.6 Å². The molecule has 4 nitrogen and oxygen atoms in total. The minimum atomic E-state index is -3.21. The van der Waals surface area contributed by atoms with E-state index >= 15 is 0 Å². The quantitative estimate of drug-likeness (QED) is 0.578. The van der Waals surface area contributed by atoms with Gasteiger partial charge in [-0.25, -0.2) is 13.4 Å². The molecule has 1 saturated carbocycles. The Bertz CT molecular complexity index is 1270. The van der Waals surface area contributed by atoms with Gasteiger partial charge in [0, 0.05) is 22.5 Å². The molecule has 4 aromatic rings. The SMILES string of the molecule is Cc1cnc2[nH]c3cccc(-c4cccc(S(=O)(=O)C5CC5)c4)c3c2c1. The van der Waals surface area contributed by atoms with Gasteiger partial charge < -0.3 is 4.98 Å². The van der Waals surface area contributed by atoms with Gasteiger partial charge in [0.15, 0.2) is 9.84 Å². The smallest absolute Gasteiger partial charge is 0.181 e. The molecule has 1 aliphatic carbocycles. The number of sulfone groups is 1. The summed E-state index contributed by atoms with van der Waals surface area (Å²) in [5.41, 5.74) is 4.89. The van der Waals surface area contributed by atoms with Crippen molar-refractivity contribution in [3.05, 3.63) is 60.3 Å². The molecule has 0 aliphatic heterocycles. The number of H-pyrrole nitrogens is 1. The number of fused-ring (bicyclic) bond motifs is 3. The summed E-state index contributed by atoms with van der Waals surface area (Å²) in [5.74, 6) is 0. The number of hydrogen-bond donors (Lipinski definition) is 1. The van der Waals surface area contributed by atoms with E-state index in [2.05, 4.69) is 16.0 Å². The van der Waals surface area contributed by atoms with Crippen LogP contribution in [0.3, 0.4) is 0 Å². The van der Waals surface area contributed by atoms with E-state index in [1.165, 1.54) is 0 Å². The van der Waals surface area contributed by atoms with Crippen LogP contribution in [0.1, 0.15) is 18.4 Å². The second kappa shape index (κ2) is 5.42.